The fraction of sp³-hybridized carbons (Fsp3) is 0.357. The number of hydrogen-bond donors (Lipinski definition) is 1. The first-order valence-electron chi connectivity index (χ1n) is 12.0. The van der Waals surface area contributed by atoms with Gasteiger partial charge in [-0.3, -0.25) is 4.90 Å². The Labute approximate surface area is 204 Å². The van der Waals surface area contributed by atoms with Gasteiger partial charge in [0.15, 0.2) is 5.75 Å². The highest BCUT2D eigenvalue weighted by Gasteiger charge is 2.19. The zero-order chi connectivity index (χ0) is 23.3. The van der Waals surface area contributed by atoms with E-state index in [0.29, 0.717) is 13.0 Å². The fourth-order valence-corrected chi connectivity index (χ4v) is 5.63. The van der Waals surface area contributed by atoms with E-state index < -0.39 is 6.10 Å². The van der Waals surface area contributed by atoms with E-state index in [0.717, 1.165) is 50.1 Å². The van der Waals surface area contributed by atoms with Crippen molar-refractivity contribution in [2.45, 2.75) is 31.8 Å². The number of benzene rings is 2. The lowest BCUT2D eigenvalue weighted by Crippen LogP contribution is -2.33. The minimum absolute atomic E-state index is 0.426. The maximum atomic E-state index is 9.86. The minimum Gasteiger partial charge on any atom is -0.497 e. The van der Waals surface area contributed by atoms with E-state index >= 15 is 0 Å². The molecule has 0 saturated carbocycles. The van der Waals surface area contributed by atoms with E-state index in [9.17, 15) is 5.11 Å². The van der Waals surface area contributed by atoms with Crippen LogP contribution in [0.2, 0.25) is 0 Å². The topological polar surface area (TPSA) is 51.2 Å². The number of thiophene rings is 1. The molecule has 2 aliphatic rings. The first kappa shape index (κ1) is 23.0. The second kappa shape index (κ2) is 10.6. The van der Waals surface area contributed by atoms with Crippen molar-refractivity contribution >= 4 is 27.0 Å². The Balaban J connectivity index is 1.33. The quantitative estimate of drug-likeness (QED) is 0.414. The summed E-state index contributed by atoms with van der Waals surface area (Å²) in [7, 11) is 1.68. The third kappa shape index (κ3) is 5.30. The van der Waals surface area contributed by atoms with Crippen LogP contribution in [-0.2, 0) is 0 Å². The number of fused-ring (bicyclic) bond motifs is 1. The summed E-state index contributed by atoms with van der Waals surface area (Å²) in [6.07, 6.45) is 10.00. The molecule has 3 aromatic rings. The fourth-order valence-electron chi connectivity index (χ4n) is 4.45. The molecule has 1 atom stereocenters. The maximum absolute atomic E-state index is 9.86. The first-order valence-corrected chi connectivity index (χ1v) is 12.8. The largest absolute Gasteiger partial charge is 0.497 e. The van der Waals surface area contributed by atoms with Crippen LogP contribution in [-0.4, -0.2) is 49.5 Å². The third-order valence-corrected chi connectivity index (χ3v) is 7.54. The van der Waals surface area contributed by atoms with Crippen molar-refractivity contribution < 1.29 is 19.3 Å². The normalized spacial score (nSPS) is 18.6. The van der Waals surface area contributed by atoms with Gasteiger partial charge in [0, 0.05) is 16.6 Å². The monoisotopic (exact) mass is 477 g/mol. The van der Waals surface area contributed by atoms with Gasteiger partial charge in [0.1, 0.15) is 23.9 Å². The summed E-state index contributed by atoms with van der Waals surface area (Å²) in [4.78, 5) is 3.53. The molecule has 0 spiro atoms. The molecule has 6 heteroatoms. The summed E-state index contributed by atoms with van der Waals surface area (Å²) in [5.74, 6) is 3.27. The zero-order valence-corrected chi connectivity index (χ0v) is 20.4. The average Bonchev–Trinajstić information content (AvgIpc) is 3.23. The van der Waals surface area contributed by atoms with E-state index in [-0.39, 0.29) is 0 Å². The Morgan fingerprint density at radius 2 is 1.76 bits per heavy atom. The molecule has 5 rings (SSSR count). The predicted molar refractivity (Wildman–Crippen MR) is 138 cm³/mol. The zero-order valence-electron chi connectivity index (χ0n) is 19.5. The Morgan fingerprint density at radius 1 is 1.00 bits per heavy atom. The standard InChI is InChI=1S/C28H31NO4S/c1-31-24-13-14-25-26(19-24)34-28(20-5-7-21(30)8-6-20)27(25)33-23-11-9-22(10-12-23)32-18-17-29-15-3-2-4-16-29/h5-7,9-14,19,21,30H,2-4,8,15-18H2,1H3. The Bertz CT molecular complexity index is 1180. The van der Waals surface area contributed by atoms with Crippen LogP contribution in [0.15, 0.2) is 60.7 Å². The number of methoxy groups -OCH3 is 1. The predicted octanol–water partition coefficient (Wildman–Crippen LogP) is 6.27. The number of nitrogens with zero attached hydrogens (tertiary/aromatic N) is 1. The third-order valence-electron chi connectivity index (χ3n) is 6.36. The summed E-state index contributed by atoms with van der Waals surface area (Å²) in [6, 6.07) is 13.9. The summed E-state index contributed by atoms with van der Waals surface area (Å²) >= 11 is 1.67. The second-order valence-corrected chi connectivity index (χ2v) is 9.82. The Hall–Kier alpha value is -2.80. The molecule has 5 nitrogen and oxygen atoms in total. The number of allylic oxidation sites excluding steroid dienone is 2. The van der Waals surface area contributed by atoms with Gasteiger partial charge in [-0.05, 0) is 80.4 Å². The first-order chi connectivity index (χ1) is 16.7. The van der Waals surface area contributed by atoms with E-state index in [4.69, 9.17) is 14.2 Å². The number of aliphatic hydroxyl groups excluding tert-OH is 1. The van der Waals surface area contributed by atoms with Gasteiger partial charge in [-0.2, -0.15) is 0 Å². The Morgan fingerprint density at radius 3 is 2.50 bits per heavy atom. The van der Waals surface area contributed by atoms with Crippen molar-refractivity contribution in [2.75, 3.05) is 33.4 Å². The number of hydrogen-bond acceptors (Lipinski definition) is 6. The number of aliphatic hydroxyl groups is 1. The molecule has 178 valence electrons. The SMILES string of the molecule is COc1ccc2c(Oc3ccc(OCCN4CCCCC4)cc3)c(C3=CCC(O)C=C3)sc2c1. The summed E-state index contributed by atoms with van der Waals surface area (Å²) in [5, 5.41) is 10.9. The van der Waals surface area contributed by atoms with Crippen molar-refractivity contribution in [1.82, 2.24) is 4.90 Å². The molecule has 0 radical (unpaired) electrons. The van der Waals surface area contributed by atoms with Crippen LogP contribution in [0.5, 0.6) is 23.0 Å². The Kier molecular flexibility index (Phi) is 7.19. The van der Waals surface area contributed by atoms with Gasteiger partial charge in [0.2, 0.25) is 0 Å². The van der Waals surface area contributed by atoms with Gasteiger partial charge in [0.25, 0.3) is 0 Å². The van der Waals surface area contributed by atoms with Crippen LogP contribution in [0.1, 0.15) is 30.6 Å². The number of rotatable bonds is 8. The van der Waals surface area contributed by atoms with Crippen LogP contribution < -0.4 is 14.2 Å². The van der Waals surface area contributed by atoms with Gasteiger partial charge in [-0.25, -0.2) is 0 Å². The summed E-state index contributed by atoms with van der Waals surface area (Å²) in [6.45, 7) is 4.05. The molecule has 1 unspecified atom stereocenters. The van der Waals surface area contributed by atoms with Crippen molar-refractivity contribution in [3.63, 3.8) is 0 Å². The minimum atomic E-state index is -0.426. The molecule has 1 aromatic heterocycles. The van der Waals surface area contributed by atoms with E-state index in [1.165, 1.54) is 32.4 Å². The van der Waals surface area contributed by atoms with Crippen molar-refractivity contribution in [3.05, 3.63) is 65.6 Å². The van der Waals surface area contributed by atoms with Gasteiger partial charge >= 0.3 is 0 Å². The van der Waals surface area contributed by atoms with Gasteiger partial charge < -0.3 is 19.3 Å². The number of likely N-dealkylation sites (tertiary alicyclic amines) is 1. The highest BCUT2D eigenvalue weighted by molar-refractivity contribution is 7.20. The van der Waals surface area contributed by atoms with Crippen molar-refractivity contribution in [1.29, 1.82) is 0 Å². The molecule has 1 aliphatic carbocycles. The second-order valence-electron chi connectivity index (χ2n) is 8.77. The highest BCUT2D eigenvalue weighted by Crippen LogP contribution is 2.46. The van der Waals surface area contributed by atoms with Crippen molar-refractivity contribution in [2.24, 2.45) is 0 Å². The molecular weight excluding hydrogens is 446 g/mol. The molecule has 0 amide bonds. The van der Waals surface area contributed by atoms with E-state index in [2.05, 4.69) is 11.0 Å². The van der Waals surface area contributed by atoms with Crippen LogP contribution in [0.25, 0.3) is 15.7 Å². The number of ether oxygens (including phenoxy) is 3. The molecule has 0 bridgehead atoms. The van der Waals surface area contributed by atoms with E-state index in [1.54, 1.807) is 18.4 Å². The molecule has 2 heterocycles. The average molecular weight is 478 g/mol. The van der Waals surface area contributed by atoms with Crippen LogP contribution in [0.4, 0.5) is 0 Å². The molecule has 1 aliphatic heterocycles. The molecule has 1 saturated heterocycles. The summed E-state index contributed by atoms with van der Waals surface area (Å²) in [5.41, 5.74) is 1.07. The molecule has 34 heavy (non-hydrogen) atoms. The van der Waals surface area contributed by atoms with Crippen LogP contribution >= 0.6 is 11.3 Å². The van der Waals surface area contributed by atoms with Gasteiger partial charge in [0.05, 0.1) is 18.1 Å². The molecule has 1 fully saturated rings. The summed E-state index contributed by atoms with van der Waals surface area (Å²) < 4.78 is 18.9. The smallest absolute Gasteiger partial charge is 0.153 e. The highest BCUT2D eigenvalue weighted by atomic mass is 32.1. The lowest BCUT2D eigenvalue weighted by Gasteiger charge is -2.26. The number of piperidine rings is 1. The lowest BCUT2D eigenvalue weighted by atomic mass is 10.0. The molecule has 1 N–H and O–H groups in total. The maximum Gasteiger partial charge on any atom is 0.153 e. The van der Waals surface area contributed by atoms with Crippen LogP contribution in [0, 0.1) is 0 Å². The van der Waals surface area contributed by atoms with Crippen LogP contribution in [0.3, 0.4) is 0 Å². The van der Waals surface area contributed by atoms with Gasteiger partial charge in [-0.15, -0.1) is 11.3 Å². The lowest BCUT2D eigenvalue weighted by molar-refractivity contribution is 0.183. The van der Waals surface area contributed by atoms with Crippen molar-refractivity contribution in [3.8, 4) is 23.0 Å². The molecule has 2 aromatic carbocycles. The molecular formula is C28H31NO4S. The van der Waals surface area contributed by atoms with Gasteiger partial charge in [-0.1, -0.05) is 24.6 Å². The van der Waals surface area contributed by atoms with E-state index in [1.807, 2.05) is 54.6 Å².